The quantitative estimate of drug-likeness (QED) is 0.715. The van der Waals surface area contributed by atoms with E-state index in [4.69, 9.17) is 12.2 Å². The van der Waals surface area contributed by atoms with Crippen molar-refractivity contribution < 1.29 is 4.79 Å². The summed E-state index contributed by atoms with van der Waals surface area (Å²) in [7, 11) is 0. The molecule has 132 valence electrons. The molecule has 0 atom stereocenters. The highest BCUT2D eigenvalue weighted by Gasteiger charge is 2.24. The van der Waals surface area contributed by atoms with Gasteiger partial charge in [0, 0.05) is 30.8 Å². The molecule has 1 aromatic heterocycles. The minimum Gasteiger partial charge on any atom is -0.312 e. The van der Waals surface area contributed by atoms with Crippen LogP contribution in [0.1, 0.15) is 17.5 Å². The van der Waals surface area contributed by atoms with Gasteiger partial charge in [-0.1, -0.05) is 42.0 Å². The third-order valence-corrected chi connectivity index (χ3v) is 5.08. The molecular formula is C20H20N4OS. The van der Waals surface area contributed by atoms with Crippen LogP contribution in [0.4, 0.5) is 5.69 Å². The minimum atomic E-state index is 0.119. The summed E-state index contributed by atoms with van der Waals surface area (Å²) in [6.45, 7) is 3.30. The van der Waals surface area contributed by atoms with Crippen LogP contribution in [0.5, 0.6) is 0 Å². The molecule has 0 unspecified atom stereocenters. The standard InChI is InChI=1S/C20H20N4OS/c1-14-5-4-7-16(13-14)19-21-22-20(26)24(19)12-10-18(25)23-11-9-15-6-2-3-8-17(15)23/h2-8,13H,9-12H2,1H3,(H,22,26). The maximum absolute atomic E-state index is 12.8. The molecule has 0 saturated carbocycles. The van der Waals surface area contributed by atoms with E-state index in [9.17, 15) is 4.79 Å². The van der Waals surface area contributed by atoms with Crippen molar-refractivity contribution in [1.82, 2.24) is 14.8 Å². The van der Waals surface area contributed by atoms with Crippen molar-refractivity contribution in [1.29, 1.82) is 0 Å². The number of nitrogens with zero attached hydrogens (tertiary/aromatic N) is 3. The van der Waals surface area contributed by atoms with Crippen LogP contribution in [0.15, 0.2) is 48.5 Å². The number of nitrogens with one attached hydrogen (secondary N) is 1. The number of aromatic nitrogens is 3. The average Bonchev–Trinajstić information content (AvgIpc) is 3.23. The van der Waals surface area contributed by atoms with Gasteiger partial charge in [0.1, 0.15) is 0 Å². The van der Waals surface area contributed by atoms with E-state index in [1.54, 1.807) is 0 Å². The first-order valence-electron chi connectivity index (χ1n) is 8.74. The van der Waals surface area contributed by atoms with Crippen molar-refractivity contribution >= 4 is 23.8 Å². The van der Waals surface area contributed by atoms with Crippen LogP contribution in [-0.2, 0) is 17.8 Å². The molecule has 1 aliphatic rings. The molecule has 0 saturated heterocycles. The highest BCUT2D eigenvalue weighted by atomic mass is 32.1. The van der Waals surface area contributed by atoms with Gasteiger partial charge < -0.3 is 4.90 Å². The Morgan fingerprint density at radius 1 is 1.23 bits per heavy atom. The molecule has 0 spiro atoms. The van der Waals surface area contributed by atoms with E-state index in [0.717, 1.165) is 35.6 Å². The molecule has 3 aromatic rings. The van der Waals surface area contributed by atoms with Crippen LogP contribution in [-0.4, -0.2) is 27.2 Å². The monoisotopic (exact) mass is 364 g/mol. The third kappa shape index (κ3) is 3.08. The lowest BCUT2D eigenvalue weighted by Gasteiger charge is -2.17. The summed E-state index contributed by atoms with van der Waals surface area (Å²) >= 11 is 5.38. The summed E-state index contributed by atoms with van der Waals surface area (Å²) in [6.07, 6.45) is 1.31. The normalized spacial score (nSPS) is 13.0. The molecule has 2 heterocycles. The van der Waals surface area contributed by atoms with Gasteiger partial charge in [0.15, 0.2) is 10.6 Å². The molecule has 2 aromatic carbocycles. The van der Waals surface area contributed by atoms with E-state index < -0.39 is 0 Å². The summed E-state index contributed by atoms with van der Waals surface area (Å²) < 4.78 is 2.44. The Morgan fingerprint density at radius 2 is 2.08 bits per heavy atom. The number of anilines is 1. The molecule has 5 nitrogen and oxygen atoms in total. The van der Waals surface area contributed by atoms with E-state index in [2.05, 4.69) is 22.3 Å². The number of para-hydroxylation sites is 1. The van der Waals surface area contributed by atoms with Gasteiger partial charge >= 0.3 is 0 Å². The number of benzene rings is 2. The zero-order valence-electron chi connectivity index (χ0n) is 14.6. The van der Waals surface area contributed by atoms with Crippen molar-refractivity contribution in [3.8, 4) is 11.4 Å². The van der Waals surface area contributed by atoms with Gasteiger partial charge in [-0.15, -0.1) is 0 Å². The van der Waals surface area contributed by atoms with Crippen LogP contribution in [0.3, 0.4) is 0 Å². The second-order valence-corrected chi connectivity index (χ2v) is 6.93. The lowest BCUT2D eigenvalue weighted by molar-refractivity contribution is -0.118. The minimum absolute atomic E-state index is 0.119. The Morgan fingerprint density at radius 3 is 2.92 bits per heavy atom. The smallest absolute Gasteiger partial charge is 0.228 e. The molecule has 0 radical (unpaired) electrons. The highest BCUT2D eigenvalue weighted by molar-refractivity contribution is 7.71. The average molecular weight is 364 g/mol. The molecule has 0 aliphatic carbocycles. The van der Waals surface area contributed by atoms with Crippen molar-refractivity contribution in [2.24, 2.45) is 0 Å². The van der Waals surface area contributed by atoms with E-state index in [0.29, 0.717) is 17.7 Å². The molecule has 1 aliphatic heterocycles. The maximum Gasteiger partial charge on any atom is 0.228 e. The predicted molar refractivity (Wildman–Crippen MR) is 105 cm³/mol. The highest BCUT2D eigenvalue weighted by Crippen LogP contribution is 2.28. The van der Waals surface area contributed by atoms with Crippen molar-refractivity contribution in [2.45, 2.75) is 26.3 Å². The van der Waals surface area contributed by atoms with Crippen molar-refractivity contribution in [3.05, 3.63) is 64.4 Å². The summed E-state index contributed by atoms with van der Waals surface area (Å²) in [4.78, 5) is 14.6. The second kappa shape index (κ2) is 6.88. The van der Waals surface area contributed by atoms with Gasteiger partial charge in [0.25, 0.3) is 0 Å². The van der Waals surface area contributed by atoms with Crippen LogP contribution in [0.2, 0.25) is 0 Å². The summed E-state index contributed by atoms with van der Waals surface area (Å²) in [5, 5.41) is 7.21. The van der Waals surface area contributed by atoms with Crippen LogP contribution < -0.4 is 4.90 Å². The number of aryl methyl sites for hydroxylation is 1. The molecule has 1 N–H and O–H groups in total. The second-order valence-electron chi connectivity index (χ2n) is 6.55. The number of carbonyl (C=O) groups excluding carboxylic acids is 1. The topological polar surface area (TPSA) is 53.9 Å². The molecule has 0 bridgehead atoms. The molecule has 1 amide bonds. The van der Waals surface area contributed by atoms with Gasteiger partial charge in [-0.2, -0.15) is 5.10 Å². The van der Waals surface area contributed by atoms with Gasteiger partial charge in [0.2, 0.25) is 5.91 Å². The number of rotatable bonds is 4. The van der Waals surface area contributed by atoms with Gasteiger partial charge in [-0.05, 0) is 43.3 Å². The molecule has 26 heavy (non-hydrogen) atoms. The Bertz CT molecular complexity index is 1020. The van der Waals surface area contributed by atoms with Gasteiger partial charge in [-0.3, -0.25) is 14.5 Å². The Balaban J connectivity index is 1.53. The Kier molecular flexibility index (Phi) is 4.42. The Labute approximate surface area is 157 Å². The largest absolute Gasteiger partial charge is 0.312 e. The van der Waals surface area contributed by atoms with Gasteiger partial charge in [0.05, 0.1) is 0 Å². The summed E-state index contributed by atoms with van der Waals surface area (Å²) in [5.74, 6) is 0.890. The first kappa shape index (κ1) is 16.7. The lowest BCUT2D eigenvalue weighted by atomic mass is 10.1. The van der Waals surface area contributed by atoms with Crippen molar-refractivity contribution in [3.63, 3.8) is 0 Å². The van der Waals surface area contributed by atoms with Crippen LogP contribution in [0, 0.1) is 11.7 Å². The SMILES string of the molecule is Cc1cccc(-c2n[nH]c(=S)n2CCC(=O)N2CCc3ccccc32)c1. The first-order valence-corrected chi connectivity index (χ1v) is 9.15. The number of hydrogen-bond acceptors (Lipinski definition) is 3. The lowest BCUT2D eigenvalue weighted by Crippen LogP contribution is -2.29. The number of aromatic amines is 1. The fourth-order valence-corrected chi connectivity index (χ4v) is 3.69. The number of carbonyl (C=O) groups is 1. The van der Waals surface area contributed by atoms with Crippen molar-refractivity contribution in [2.75, 3.05) is 11.4 Å². The zero-order valence-corrected chi connectivity index (χ0v) is 15.4. The molecular weight excluding hydrogens is 344 g/mol. The summed E-state index contributed by atoms with van der Waals surface area (Å²) in [6, 6.07) is 16.2. The fourth-order valence-electron chi connectivity index (χ4n) is 3.47. The molecule has 0 fully saturated rings. The first-order chi connectivity index (χ1) is 12.6. The molecule has 4 rings (SSSR count). The predicted octanol–water partition coefficient (Wildman–Crippen LogP) is 3.90. The van der Waals surface area contributed by atoms with E-state index >= 15 is 0 Å². The van der Waals surface area contributed by atoms with Gasteiger partial charge in [-0.25, -0.2) is 0 Å². The summed E-state index contributed by atoms with van der Waals surface area (Å²) in [5.41, 5.74) is 4.43. The number of hydrogen-bond donors (Lipinski definition) is 1. The van der Waals surface area contributed by atoms with E-state index in [1.165, 1.54) is 5.56 Å². The van der Waals surface area contributed by atoms with Crippen LogP contribution in [0.25, 0.3) is 11.4 Å². The fraction of sp³-hybridized carbons (Fsp3) is 0.250. The zero-order chi connectivity index (χ0) is 18.1. The number of amides is 1. The number of H-pyrrole nitrogens is 1. The number of fused-ring (bicyclic) bond motifs is 1. The van der Waals surface area contributed by atoms with Crippen LogP contribution >= 0.6 is 12.2 Å². The van der Waals surface area contributed by atoms with E-state index in [-0.39, 0.29) is 5.91 Å². The molecule has 6 heteroatoms. The van der Waals surface area contributed by atoms with E-state index in [1.807, 2.05) is 52.8 Å². The third-order valence-electron chi connectivity index (χ3n) is 4.77. The maximum atomic E-state index is 12.8. The Hall–Kier alpha value is -2.73.